The van der Waals surface area contributed by atoms with Gasteiger partial charge in [-0.1, -0.05) is 11.6 Å². The highest BCUT2D eigenvalue weighted by atomic mass is 35.5. The second-order valence-electron chi connectivity index (χ2n) is 3.85. The molecule has 96 valence electrons. The maximum atomic E-state index is 13.2. The van der Waals surface area contributed by atoms with E-state index in [1.807, 2.05) is 0 Å². The van der Waals surface area contributed by atoms with Crippen LogP contribution in [0.3, 0.4) is 0 Å². The summed E-state index contributed by atoms with van der Waals surface area (Å²) >= 11 is 5.93. The summed E-state index contributed by atoms with van der Waals surface area (Å²) in [4.78, 5) is 0. The van der Waals surface area contributed by atoms with Crippen LogP contribution in [0, 0.1) is 5.82 Å². The molecule has 3 rings (SSSR count). The number of nitrogens with zero attached hydrogens (tertiary/aromatic N) is 2. The summed E-state index contributed by atoms with van der Waals surface area (Å²) in [7, 11) is 1.46. The SMILES string of the molecule is COc1cc(F)ccc1-c1nnc(Cl)c2ccoc12. The summed E-state index contributed by atoms with van der Waals surface area (Å²) in [5.41, 5.74) is 1.54. The fraction of sp³-hybridized carbons (Fsp3) is 0.0769. The Bertz CT molecular complexity index is 757. The van der Waals surface area contributed by atoms with Crippen molar-refractivity contribution in [1.29, 1.82) is 0 Å². The molecule has 4 nitrogen and oxygen atoms in total. The zero-order valence-electron chi connectivity index (χ0n) is 9.85. The molecule has 0 N–H and O–H groups in total. The molecule has 0 unspecified atom stereocenters. The topological polar surface area (TPSA) is 48.2 Å². The number of fused-ring (bicyclic) bond motifs is 1. The third-order valence-electron chi connectivity index (χ3n) is 2.76. The average molecular weight is 279 g/mol. The number of ether oxygens (including phenoxy) is 1. The maximum absolute atomic E-state index is 13.2. The maximum Gasteiger partial charge on any atom is 0.165 e. The van der Waals surface area contributed by atoms with Gasteiger partial charge in [-0.25, -0.2) is 4.39 Å². The van der Waals surface area contributed by atoms with Crippen molar-refractivity contribution in [2.45, 2.75) is 0 Å². The predicted octanol–water partition coefficient (Wildman–Crippen LogP) is 3.69. The summed E-state index contributed by atoms with van der Waals surface area (Å²) in [6.45, 7) is 0. The smallest absolute Gasteiger partial charge is 0.165 e. The van der Waals surface area contributed by atoms with Gasteiger partial charge in [-0.2, -0.15) is 0 Å². The van der Waals surface area contributed by atoms with Crippen molar-refractivity contribution in [3.05, 3.63) is 41.5 Å². The van der Waals surface area contributed by atoms with Crippen LogP contribution in [-0.2, 0) is 0 Å². The fourth-order valence-corrected chi connectivity index (χ4v) is 2.07. The van der Waals surface area contributed by atoms with Crippen LogP contribution in [0.4, 0.5) is 4.39 Å². The average Bonchev–Trinajstić information content (AvgIpc) is 2.90. The molecule has 0 aliphatic rings. The molecule has 0 atom stereocenters. The van der Waals surface area contributed by atoms with Gasteiger partial charge in [0.15, 0.2) is 10.7 Å². The third kappa shape index (κ3) is 1.92. The van der Waals surface area contributed by atoms with Crippen molar-refractivity contribution >= 4 is 22.6 Å². The van der Waals surface area contributed by atoms with Crippen LogP contribution in [-0.4, -0.2) is 17.3 Å². The largest absolute Gasteiger partial charge is 0.496 e. The number of halogens is 2. The van der Waals surface area contributed by atoms with Crippen LogP contribution >= 0.6 is 11.6 Å². The molecular formula is C13H8ClFN2O2. The highest BCUT2D eigenvalue weighted by Crippen LogP contribution is 2.35. The van der Waals surface area contributed by atoms with E-state index in [0.29, 0.717) is 28.0 Å². The van der Waals surface area contributed by atoms with E-state index in [1.54, 1.807) is 12.1 Å². The van der Waals surface area contributed by atoms with Crippen molar-refractivity contribution in [3.8, 4) is 17.0 Å². The number of benzene rings is 1. The first-order valence-corrected chi connectivity index (χ1v) is 5.82. The Balaban J connectivity index is 2.30. The standard InChI is InChI=1S/C13H8ClFN2O2/c1-18-10-6-7(15)2-3-8(10)11-12-9(4-5-19-12)13(14)17-16-11/h2-6H,1H3. The van der Waals surface area contributed by atoms with Crippen molar-refractivity contribution in [1.82, 2.24) is 10.2 Å². The van der Waals surface area contributed by atoms with Gasteiger partial charge in [-0.15, -0.1) is 10.2 Å². The summed E-state index contributed by atoms with van der Waals surface area (Å²) in [5, 5.41) is 8.78. The van der Waals surface area contributed by atoms with E-state index in [2.05, 4.69) is 10.2 Å². The molecule has 1 aromatic carbocycles. The Kier molecular flexibility index (Phi) is 2.83. The molecule has 0 amide bonds. The second kappa shape index (κ2) is 4.51. The molecular weight excluding hydrogens is 271 g/mol. The molecule has 2 aromatic heterocycles. The lowest BCUT2D eigenvalue weighted by Crippen LogP contribution is -1.94. The quantitative estimate of drug-likeness (QED) is 0.717. The predicted molar refractivity (Wildman–Crippen MR) is 68.8 cm³/mol. The number of hydrogen-bond donors (Lipinski definition) is 0. The van der Waals surface area contributed by atoms with Gasteiger partial charge in [0, 0.05) is 11.6 Å². The van der Waals surface area contributed by atoms with E-state index in [0.717, 1.165) is 0 Å². The summed E-state index contributed by atoms with van der Waals surface area (Å²) in [6.07, 6.45) is 1.50. The van der Waals surface area contributed by atoms with Crippen molar-refractivity contribution < 1.29 is 13.5 Å². The Morgan fingerprint density at radius 2 is 2.11 bits per heavy atom. The fourth-order valence-electron chi connectivity index (χ4n) is 1.89. The summed E-state index contributed by atoms with van der Waals surface area (Å²) < 4.78 is 23.7. The van der Waals surface area contributed by atoms with Gasteiger partial charge < -0.3 is 9.15 Å². The minimum Gasteiger partial charge on any atom is -0.496 e. The summed E-state index contributed by atoms with van der Waals surface area (Å²) in [5.74, 6) is -0.0347. The van der Waals surface area contributed by atoms with E-state index in [-0.39, 0.29) is 5.15 Å². The molecule has 0 radical (unpaired) electrons. The van der Waals surface area contributed by atoms with E-state index < -0.39 is 5.82 Å². The minimum absolute atomic E-state index is 0.258. The number of aromatic nitrogens is 2. The first-order valence-electron chi connectivity index (χ1n) is 5.44. The monoisotopic (exact) mass is 278 g/mol. The van der Waals surface area contributed by atoms with Crippen molar-refractivity contribution in [3.63, 3.8) is 0 Å². The first kappa shape index (κ1) is 11.9. The Labute approximate surface area is 112 Å². The van der Waals surface area contributed by atoms with E-state index in [4.69, 9.17) is 20.8 Å². The zero-order valence-corrected chi connectivity index (χ0v) is 10.6. The van der Waals surface area contributed by atoms with Gasteiger partial charge in [0.05, 0.1) is 18.8 Å². The minimum atomic E-state index is -0.391. The number of hydrogen-bond acceptors (Lipinski definition) is 4. The Morgan fingerprint density at radius 1 is 1.26 bits per heavy atom. The third-order valence-corrected chi connectivity index (χ3v) is 3.04. The molecule has 0 aliphatic heterocycles. The number of furan rings is 1. The number of rotatable bonds is 2. The van der Waals surface area contributed by atoms with E-state index in [1.165, 1.54) is 25.5 Å². The van der Waals surface area contributed by atoms with Crippen LogP contribution in [0.1, 0.15) is 0 Å². The van der Waals surface area contributed by atoms with Crippen molar-refractivity contribution in [2.24, 2.45) is 0 Å². The first-order chi connectivity index (χ1) is 9.20. The van der Waals surface area contributed by atoms with Crippen LogP contribution in [0.5, 0.6) is 5.75 Å². The van der Waals surface area contributed by atoms with Gasteiger partial charge in [-0.05, 0) is 18.2 Å². The molecule has 0 saturated heterocycles. The Hall–Kier alpha value is -2.14. The van der Waals surface area contributed by atoms with Crippen LogP contribution in [0.25, 0.3) is 22.2 Å². The second-order valence-corrected chi connectivity index (χ2v) is 4.21. The molecule has 6 heteroatoms. The van der Waals surface area contributed by atoms with Gasteiger partial charge in [0.2, 0.25) is 0 Å². The molecule has 0 bridgehead atoms. The van der Waals surface area contributed by atoms with Crippen LogP contribution in [0.15, 0.2) is 34.9 Å². The molecule has 19 heavy (non-hydrogen) atoms. The van der Waals surface area contributed by atoms with Crippen LogP contribution in [0.2, 0.25) is 5.15 Å². The highest BCUT2D eigenvalue weighted by Gasteiger charge is 2.16. The molecule has 3 aromatic rings. The molecule has 0 spiro atoms. The highest BCUT2D eigenvalue weighted by molar-refractivity contribution is 6.34. The van der Waals surface area contributed by atoms with Gasteiger partial charge >= 0.3 is 0 Å². The molecule has 0 fully saturated rings. The van der Waals surface area contributed by atoms with Gasteiger partial charge in [0.1, 0.15) is 17.3 Å². The van der Waals surface area contributed by atoms with Crippen molar-refractivity contribution in [2.75, 3.05) is 7.11 Å². The normalized spacial score (nSPS) is 10.9. The zero-order chi connectivity index (χ0) is 13.4. The van der Waals surface area contributed by atoms with Gasteiger partial charge in [-0.3, -0.25) is 0 Å². The molecule has 2 heterocycles. The Morgan fingerprint density at radius 3 is 2.89 bits per heavy atom. The molecule has 0 saturated carbocycles. The van der Waals surface area contributed by atoms with E-state index >= 15 is 0 Å². The lowest BCUT2D eigenvalue weighted by Gasteiger charge is -2.08. The number of methoxy groups -OCH3 is 1. The lowest BCUT2D eigenvalue weighted by atomic mass is 10.1. The van der Waals surface area contributed by atoms with Crippen LogP contribution < -0.4 is 4.74 Å². The van der Waals surface area contributed by atoms with Gasteiger partial charge in [0.25, 0.3) is 0 Å². The van der Waals surface area contributed by atoms with E-state index in [9.17, 15) is 4.39 Å². The molecule has 0 aliphatic carbocycles. The lowest BCUT2D eigenvalue weighted by molar-refractivity contribution is 0.412. The summed E-state index contributed by atoms with van der Waals surface area (Å²) in [6, 6.07) is 5.86.